The number of rotatable bonds is 7. The first-order valence-electron chi connectivity index (χ1n) is 9.43. The number of unbranched alkanes of at least 4 members (excludes halogenated alkanes) is 1. The van der Waals surface area contributed by atoms with E-state index in [1.54, 1.807) is 0 Å². The summed E-state index contributed by atoms with van der Waals surface area (Å²) in [4.78, 5) is 19.2. The van der Waals surface area contributed by atoms with Crippen LogP contribution < -0.4 is 4.74 Å². The summed E-state index contributed by atoms with van der Waals surface area (Å²) in [6, 6.07) is 5.87. The molecule has 2 aromatic rings. The molecule has 2 heterocycles. The number of carbonyl (C=O) groups excluding carboxylic acids is 1. The summed E-state index contributed by atoms with van der Waals surface area (Å²) < 4.78 is 31.0. The van der Waals surface area contributed by atoms with Gasteiger partial charge in [0.2, 0.25) is 0 Å². The largest absolute Gasteiger partial charge is 0.435 e. The molecule has 1 atom stereocenters. The Morgan fingerprint density at radius 1 is 1.33 bits per heavy atom. The minimum atomic E-state index is -2.87. The molecule has 0 spiro atoms. The molecule has 1 amide bonds. The van der Waals surface area contributed by atoms with Gasteiger partial charge in [-0.15, -0.1) is 0 Å². The monoisotopic (exact) mass is 377 g/mol. The van der Waals surface area contributed by atoms with Gasteiger partial charge < -0.3 is 14.2 Å². The fourth-order valence-electron chi connectivity index (χ4n) is 3.53. The number of alkyl halides is 2. The SMILES string of the molecule is CCCCn1ccnc1[C@H]1CCCN(C(=O)c2ccc(OC(F)F)cc2)C1. The number of carbonyl (C=O) groups is 1. The lowest BCUT2D eigenvalue weighted by atomic mass is 9.96. The van der Waals surface area contributed by atoms with Gasteiger partial charge in [0, 0.05) is 43.5 Å². The van der Waals surface area contributed by atoms with Crippen molar-refractivity contribution >= 4 is 5.91 Å². The second-order valence-electron chi connectivity index (χ2n) is 6.83. The van der Waals surface area contributed by atoms with Gasteiger partial charge in [0.25, 0.3) is 5.91 Å². The Kier molecular flexibility index (Phi) is 6.42. The molecule has 0 bridgehead atoms. The second-order valence-corrected chi connectivity index (χ2v) is 6.83. The lowest BCUT2D eigenvalue weighted by Crippen LogP contribution is -2.39. The summed E-state index contributed by atoms with van der Waals surface area (Å²) in [6.45, 7) is 1.56. The first kappa shape index (κ1) is 19.3. The highest BCUT2D eigenvalue weighted by Gasteiger charge is 2.28. The minimum absolute atomic E-state index is 0.0519. The number of hydrogen-bond donors (Lipinski definition) is 0. The number of nitrogens with zero attached hydrogens (tertiary/aromatic N) is 3. The Labute approximate surface area is 158 Å². The number of amides is 1. The number of halogens is 2. The smallest absolute Gasteiger partial charge is 0.387 e. The maximum Gasteiger partial charge on any atom is 0.387 e. The van der Waals surface area contributed by atoms with E-state index in [1.807, 2.05) is 17.3 Å². The summed E-state index contributed by atoms with van der Waals surface area (Å²) in [6.07, 6.45) is 7.99. The van der Waals surface area contributed by atoms with Crippen molar-refractivity contribution in [1.82, 2.24) is 14.5 Å². The number of ether oxygens (including phenoxy) is 1. The molecule has 7 heteroatoms. The van der Waals surface area contributed by atoms with Crippen LogP contribution in [0.25, 0.3) is 0 Å². The molecule has 3 rings (SSSR count). The van der Waals surface area contributed by atoms with Crippen molar-refractivity contribution in [2.24, 2.45) is 0 Å². The van der Waals surface area contributed by atoms with E-state index in [4.69, 9.17) is 0 Å². The summed E-state index contributed by atoms with van der Waals surface area (Å²) >= 11 is 0. The lowest BCUT2D eigenvalue weighted by Gasteiger charge is -2.33. The van der Waals surface area contributed by atoms with Gasteiger partial charge in [-0.3, -0.25) is 4.79 Å². The van der Waals surface area contributed by atoms with Crippen LogP contribution in [0, 0.1) is 0 Å². The van der Waals surface area contributed by atoms with Crippen LogP contribution in [-0.4, -0.2) is 40.1 Å². The van der Waals surface area contributed by atoms with Crippen molar-refractivity contribution in [3.8, 4) is 5.75 Å². The quantitative estimate of drug-likeness (QED) is 0.723. The van der Waals surface area contributed by atoms with Gasteiger partial charge in [0.15, 0.2) is 0 Å². The molecule has 1 aliphatic heterocycles. The van der Waals surface area contributed by atoms with Crippen LogP contribution in [-0.2, 0) is 6.54 Å². The van der Waals surface area contributed by atoms with E-state index in [1.165, 1.54) is 24.3 Å². The average molecular weight is 377 g/mol. The normalized spacial score (nSPS) is 17.3. The van der Waals surface area contributed by atoms with E-state index in [0.29, 0.717) is 18.7 Å². The number of benzene rings is 1. The van der Waals surface area contributed by atoms with Crippen LogP contribution in [0.3, 0.4) is 0 Å². The Morgan fingerprint density at radius 3 is 2.81 bits per heavy atom. The predicted octanol–water partition coefficient (Wildman–Crippen LogP) is 4.30. The zero-order valence-electron chi connectivity index (χ0n) is 15.5. The first-order valence-corrected chi connectivity index (χ1v) is 9.43. The van der Waals surface area contributed by atoms with Crippen molar-refractivity contribution in [1.29, 1.82) is 0 Å². The highest BCUT2D eigenvalue weighted by Crippen LogP contribution is 2.27. The molecule has 0 N–H and O–H groups in total. The average Bonchev–Trinajstić information content (AvgIpc) is 3.14. The zero-order chi connectivity index (χ0) is 19.2. The highest BCUT2D eigenvalue weighted by atomic mass is 19.3. The molecule has 27 heavy (non-hydrogen) atoms. The molecular weight excluding hydrogens is 352 g/mol. The molecule has 0 radical (unpaired) electrons. The number of aryl methyl sites for hydroxylation is 1. The number of piperidine rings is 1. The van der Waals surface area contributed by atoms with Gasteiger partial charge in [-0.05, 0) is 43.5 Å². The van der Waals surface area contributed by atoms with Crippen molar-refractivity contribution in [3.05, 3.63) is 48.0 Å². The minimum Gasteiger partial charge on any atom is -0.435 e. The summed E-state index contributed by atoms with van der Waals surface area (Å²) in [5, 5.41) is 0. The molecule has 0 unspecified atom stereocenters. The third-order valence-corrected chi connectivity index (χ3v) is 4.90. The predicted molar refractivity (Wildman–Crippen MR) is 98.1 cm³/mol. The fraction of sp³-hybridized carbons (Fsp3) is 0.500. The van der Waals surface area contributed by atoms with Gasteiger partial charge in [0.1, 0.15) is 11.6 Å². The number of hydrogen-bond acceptors (Lipinski definition) is 3. The molecule has 1 aliphatic rings. The Balaban J connectivity index is 1.67. The third-order valence-electron chi connectivity index (χ3n) is 4.90. The van der Waals surface area contributed by atoms with E-state index < -0.39 is 6.61 Å². The molecule has 146 valence electrons. The van der Waals surface area contributed by atoms with Crippen LogP contribution in [0.1, 0.15) is 54.7 Å². The molecule has 1 aromatic heterocycles. The topological polar surface area (TPSA) is 47.4 Å². The second kappa shape index (κ2) is 8.97. The van der Waals surface area contributed by atoms with Crippen LogP contribution in [0.5, 0.6) is 5.75 Å². The lowest BCUT2D eigenvalue weighted by molar-refractivity contribution is -0.0498. The standard InChI is InChI=1S/C20H25F2N3O2/c1-2-3-11-24-13-10-23-18(24)16-5-4-12-25(14-16)19(26)15-6-8-17(9-7-15)27-20(21)22/h6-10,13,16,20H,2-5,11-12,14H2,1H3/t16-/m0/s1. The van der Waals surface area contributed by atoms with E-state index in [2.05, 4.69) is 21.2 Å². The van der Waals surface area contributed by atoms with E-state index >= 15 is 0 Å². The molecular formula is C20H25F2N3O2. The van der Waals surface area contributed by atoms with E-state index in [0.717, 1.165) is 38.1 Å². The Hall–Kier alpha value is -2.44. The summed E-state index contributed by atoms with van der Waals surface area (Å²) in [5.74, 6) is 1.23. The van der Waals surface area contributed by atoms with Crippen LogP contribution in [0.4, 0.5) is 8.78 Å². The Bertz CT molecular complexity index is 746. The molecule has 0 aliphatic carbocycles. The molecule has 1 saturated heterocycles. The van der Waals surface area contributed by atoms with Gasteiger partial charge >= 0.3 is 6.61 Å². The van der Waals surface area contributed by atoms with Crippen LogP contribution in [0.15, 0.2) is 36.7 Å². The van der Waals surface area contributed by atoms with Crippen molar-refractivity contribution in [3.63, 3.8) is 0 Å². The van der Waals surface area contributed by atoms with Crippen LogP contribution in [0.2, 0.25) is 0 Å². The van der Waals surface area contributed by atoms with Crippen molar-refractivity contribution in [2.75, 3.05) is 13.1 Å². The van der Waals surface area contributed by atoms with Crippen molar-refractivity contribution in [2.45, 2.75) is 51.7 Å². The summed E-state index contributed by atoms with van der Waals surface area (Å²) in [7, 11) is 0. The van der Waals surface area contributed by atoms with E-state index in [9.17, 15) is 13.6 Å². The molecule has 0 saturated carbocycles. The third kappa shape index (κ3) is 4.84. The maximum atomic E-state index is 12.8. The molecule has 1 aromatic carbocycles. The zero-order valence-corrected chi connectivity index (χ0v) is 15.5. The number of likely N-dealkylation sites (tertiary alicyclic amines) is 1. The first-order chi connectivity index (χ1) is 13.1. The maximum absolute atomic E-state index is 12.8. The molecule has 1 fully saturated rings. The summed E-state index contributed by atoms with van der Waals surface area (Å²) in [5.41, 5.74) is 0.478. The van der Waals surface area contributed by atoms with Crippen molar-refractivity contribution < 1.29 is 18.3 Å². The highest BCUT2D eigenvalue weighted by molar-refractivity contribution is 5.94. The number of imidazole rings is 1. The van der Waals surface area contributed by atoms with Gasteiger partial charge in [-0.2, -0.15) is 8.78 Å². The fourth-order valence-corrected chi connectivity index (χ4v) is 3.53. The molecule has 5 nitrogen and oxygen atoms in total. The Morgan fingerprint density at radius 2 is 2.11 bits per heavy atom. The van der Waals surface area contributed by atoms with E-state index in [-0.39, 0.29) is 17.6 Å². The van der Waals surface area contributed by atoms with Gasteiger partial charge in [-0.25, -0.2) is 4.98 Å². The van der Waals surface area contributed by atoms with Crippen LogP contribution >= 0.6 is 0 Å². The number of aromatic nitrogens is 2. The van der Waals surface area contributed by atoms with Gasteiger partial charge in [-0.1, -0.05) is 13.3 Å². The van der Waals surface area contributed by atoms with Gasteiger partial charge in [0.05, 0.1) is 0 Å².